The van der Waals surface area contributed by atoms with Crippen molar-refractivity contribution in [1.29, 1.82) is 0 Å². The highest BCUT2D eigenvalue weighted by Gasteiger charge is 2.47. The van der Waals surface area contributed by atoms with Gasteiger partial charge in [0.2, 0.25) is 5.91 Å². The average Bonchev–Trinajstić information content (AvgIpc) is 2.61. The second kappa shape index (κ2) is 7.19. The molecule has 1 aromatic rings. The molecular weight excluding hydrogens is 310 g/mol. The topological polar surface area (TPSA) is 79.9 Å². The van der Waals surface area contributed by atoms with Crippen LogP contribution in [-0.4, -0.2) is 56.9 Å². The number of fused-ring (bicyclic) bond motifs is 1. The first-order valence-corrected chi connectivity index (χ1v) is 8.13. The molecule has 3 amide bonds. The summed E-state index contributed by atoms with van der Waals surface area (Å²) in [5, 5.41) is 5.81. The minimum absolute atomic E-state index is 0.0558. The number of carbonyl (C=O) groups excluding carboxylic acids is 2. The third-order valence-electron chi connectivity index (χ3n) is 4.79. The van der Waals surface area contributed by atoms with Gasteiger partial charge in [0.15, 0.2) is 0 Å². The van der Waals surface area contributed by atoms with E-state index in [1.54, 1.807) is 19.1 Å². The number of amides is 3. The molecule has 2 saturated heterocycles. The highest BCUT2D eigenvalue weighted by atomic mass is 16.5. The lowest BCUT2D eigenvalue weighted by atomic mass is 9.77. The van der Waals surface area contributed by atoms with Crippen LogP contribution in [0.2, 0.25) is 0 Å². The number of hydrogen-bond acceptors (Lipinski definition) is 5. The molecule has 130 valence electrons. The minimum atomic E-state index is -0.360. The summed E-state index contributed by atoms with van der Waals surface area (Å²) in [6.07, 6.45) is 0.537. The lowest BCUT2D eigenvalue weighted by Gasteiger charge is -2.46. The molecule has 1 aromatic carbocycles. The molecule has 0 bridgehead atoms. The maximum atomic E-state index is 12.5. The summed E-state index contributed by atoms with van der Waals surface area (Å²) in [5.41, 5.74) is 1.09. The first-order chi connectivity index (χ1) is 11.7. The molecule has 2 aliphatic rings. The molecule has 3 atom stereocenters. The van der Waals surface area contributed by atoms with Crippen molar-refractivity contribution in [3.8, 4) is 5.75 Å². The zero-order valence-corrected chi connectivity index (χ0v) is 14.0. The van der Waals surface area contributed by atoms with Crippen molar-refractivity contribution in [1.82, 2.24) is 15.5 Å². The van der Waals surface area contributed by atoms with Crippen LogP contribution in [0.3, 0.4) is 0 Å². The van der Waals surface area contributed by atoms with Gasteiger partial charge in [0, 0.05) is 19.6 Å². The third-order valence-corrected chi connectivity index (χ3v) is 4.79. The summed E-state index contributed by atoms with van der Waals surface area (Å²) in [6, 6.07) is 7.44. The van der Waals surface area contributed by atoms with Crippen molar-refractivity contribution in [2.24, 2.45) is 5.92 Å². The number of benzene rings is 1. The predicted octanol–water partition coefficient (Wildman–Crippen LogP) is 0.913. The van der Waals surface area contributed by atoms with Crippen LogP contribution in [0.4, 0.5) is 4.79 Å². The largest absolute Gasteiger partial charge is 0.497 e. The van der Waals surface area contributed by atoms with E-state index < -0.39 is 0 Å². The van der Waals surface area contributed by atoms with Crippen molar-refractivity contribution < 1.29 is 19.1 Å². The lowest BCUT2D eigenvalue weighted by Crippen LogP contribution is -2.68. The van der Waals surface area contributed by atoms with Gasteiger partial charge in [0.25, 0.3) is 0 Å². The quantitative estimate of drug-likeness (QED) is 0.837. The number of methoxy groups -OCH3 is 2. The van der Waals surface area contributed by atoms with Gasteiger partial charge >= 0.3 is 6.03 Å². The fourth-order valence-corrected chi connectivity index (χ4v) is 3.59. The summed E-state index contributed by atoms with van der Waals surface area (Å²) in [4.78, 5) is 26.3. The molecule has 2 heterocycles. The van der Waals surface area contributed by atoms with Gasteiger partial charge < -0.3 is 14.4 Å². The SMILES string of the molecule is COCCN1C(=O)NC(=O)C2C(c3ccc(OC)cc3)CCNC21. The van der Waals surface area contributed by atoms with Gasteiger partial charge in [-0.1, -0.05) is 12.1 Å². The number of hydrogen-bond donors (Lipinski definition) is 2. The Morgan fingerprint density at radius 2 is 1.96 bits per heavy atom. The van der Waals surface area contributed by atoms with E-state index in [4.69, 9.17) is 9.47 Å². The molecule has 0 spiro atoms. The number of piperidine rings is 1. The summed E-state index contributed by atoms with van der Waals surface area (Å²) in [7, 11) is 3.22. The van der Waals surface area contributed by atoms with Gasteiger partial charge in [-0.2, -0.15) is 0 Å². The standard InChI is InChI=1S/C17H23N3O4/c1-23-10-9-20-15-14(16(21)19-17(20)22)13(7-8-18-15)11-3-5-12(24-2)6-4-11/h3-6,13-15,18H,7-10H2,1-2H3,(H,19,21,22). The number of nitrogens with zero attached hydrogens (tertiary/aromatic N) is 1. The molecule has 0 aliphatic carbocycles. The summed E-state index contributed by atoms with van der Waals surface area (Å²) in [6.45, 7) is 1.63. The Morgan fingerprint density at radius 1 is 1.21 bits per heavy atom. The van der Waals surface area contributed by atoms with Crippen LogP contribution in [0.25, 0.3) is 0 Å². The molecular formula is C17H23N3O4. The van der Waals surface area contributed by atoms with Crippen molar-refractivity contribution in [3.05, 3.63) is 29.8 Å². The Balaban J connectivity index is 1.86. The second-order valence-corrected chi connectivity index (χ2v) is 6.07. The zero-order chi connectivity index (χ0) is 17.1. The number of imide groups is 1. The molecule has 0 saturated carbocycles. The Labute approximate surface area is 141 Å². The maximum absolute atomic E-state index is 12.5. The van der Waals surface area contributed by atoms with Crippen LogP contribution >= 0.6 is 0 Å². The van der Waals surface area contributed by atoms with Crippen LogP contribution < -0.4 is 15.4 Å². The smallest absolute Gasteiger partial charge is 0.325 e. The van der Waals surface area contributed by atoms with Crippen molar-refractivity contribution in [2.45, 2.75) is 18.5 Å². The molecule has 7 heteroatoms. The Bertz CT molecular complexity index is 604. The van der Waals surface area contributed by atoms with E-state index in [-0.39, 0.29) is 29.9 Å². The molecule has 24 heavy (non-hydrogen) atoms. The van der Waals surface area contributed by atoms with Crippen molar-refractivity contribution in [3.63, 3.8) is 0 Å². The number of nitrogens with one attached hydrogen (secondary N) is 2. The molecule has 3 rings (SSSR count). The van der Waals surface area contributed by atoms with Crippen LogP contribution in [0.1, 0.15) is 17.9 Å². The van der Waals surface area contributed by atoms with Gasteiger partial charge in [0.05, 0.1) is 25.8 Å². The molecule has 2 fully saturated rings. The average molecular weight is 333 g/mol. The van der Waals surface area contributed by atoms with Gasteiger partial charge in [-0.15, -0.1) is 0 Å². The molecule has 7 nitrogen and oxygen atoms in total. The number of urea groups is 1. The lowest BCUT2D eigenvalue weighted by molar-refractivity contribution is -0.131. The van der Waals surface area contributed by atoms with Crippen LogP contribution in [0.5, 0.6) is 5.75 Å². The third kappa shape index (κ3) is 3.09. The predicted molar refractivity (Wildman–Crippen MR) is 87.8 cm³/mol. The fraction of sp³-hybridized carbons (Fsp3) is 0.529. The fourth-order valence-electron chi connectivity index (χ4n) is 3.59. The number of ether oxygens (including phenoxy) is 2. The van der Waals surface area contributed by atoms with E-state index in [9.17, 15) is 9.59 Å². The number of carbonyl (C=O) groups is 2. The van der Waals surface area contributed by atoms with Crippen molar-refractivity contribution in [2.75, 3.05) is 33.9 Å². The molecule has 2 aliphatic heterocycles. The highest BCUT2D eigenvalue weighted by Crippen LogP contribution is 2.36. The Morgan fingerprint density at radius 3 is 2.62 bits per heavy atom. The molecule has 2 N–H and O–H groups in total. The van der Waals surface area contributed by atoms with Gasteiger partial charge in [-0.05, 0) is 30.7 Å². The van der Waals surface area contributed by atoms with Crippen LogP contribution in [-0.2, 0) is 9.53 Å². The van der Waals surface area contributed by atoms with E-state index >= 15 is 0 Å². The summed E-state index contributed by atoms with van der Waals surface area (Å²) in [5.74, 6) is 0.308. The first-order valence-electron chi connectivity index (χ1n) is 8.13. The minimum Gasteiger partial charge on any atom is -0.497 e. The maximum Gasteiger partial charge on any atom is 0.325 e. The normalized spacial score (nSPS) is 26.8. The van der Waals surface area contributed by atoms with E-state index in [1.165, 1.54) is 0 Å². The first kappa shape index (κ1) is 16.7. The Kier molecular flexibility index (Phi) is 5.01. The van der Waals surface area contributed by atoms with E-state index in [0.717, 1.165) is 24.3 Å². The van der Waals surface area contributed by atoms with Crippen LogP contribution in [0, 0.1) is 5.92 Å². The van der Waals surface area contributed by atoms with Crippen molar-refractivity contribution >= 4 is 11.9 Å². The zero-order valence-electron chi connectivity index (χ0n) is 14.0. The van der Waals surface area contributed by atoms with E-state index in [0.29, 0.717) is 13.2 Å². The van der Waals surface area contributed by atoms with Crippen LogP contribution in [0.15, 0.2) is 24.3 Å². The second-order valence-electron chi connectivity index (χ2n) is 6.07. The monoisotopic (exact) mass is 333 g/mol. The molecule has 3 unspecified atom stereocenters. The molecule has 0 aromatic heterocycles. The van der Waals surface area contributed by atoms with Gasteiger partial charge in [-0.25, -0.2) is 4.79 Å². The van der Waals surface area contributed by atoms with E-state index in [2.05, 4.69) is 10.6 Å². The highest BCUT2D eigenvalue weighted by molar-refractivity contribution is 5.99. The van der Waals surface area contributed by atoms with Gasteiger partial charge in [-0.3, -0.25) is 15.4 Å². The summed E-state index contributed by atoms with van der Waals surface area (Å²) >= 11 is 0. The number of rotatable bonds is 5. The Hall–Kier alpha value is -2.12. The van der Waals surface area contributed by atoms with E-state index in [1.807, 2.05) is 24.3 Å². The van der Waals surface area contributed by atoms with Gasteiger partial charge in [0.1, 0.15) is 5.75 Å². The summed E-state index contributed by atoms with van der Waals surface area (Å²) < 4.78 is 10.3. The molecule has 0 radical (unpaired) electrons.